The molecule has 1 saturated carbocycles. The van der Waals surface area contributed by atoms with Crippen molar-refractivity contribution in [3.05, 3.63) is 124 Å². The zero-order valence-electron chi connectivity index (χ0n) is 26.5. The fourth-order valence-corrected chi connectivity index (χ4v) is 6.94. The average molecular weight is 669 g/mol. The molecule has 0 spiro atoms. The van der Waals surface area contributed by atoms with Gasteiger partial charge in [-0.1, -0.05) is 91.2 Å². The Balaban J connectivity index is 1.18. The Morgan fingerprint density at radius 1 is 0.917 bits per heavy atom. The van der Waals surface area contributed by atoms with E-state index in [1.54, 1.807) is 17.0 Å². The molecule has 1 aliphatic carbocycles. The molecule has 0 radical (unpaired) electrons. The quantitative estimate of drug-likeness (QED) is 0.174. The molecule has 9 heteroatoms. The maximum absolute atomic E-state index is 14.3. The predicted molar refractivity (Wildman–Crippen MR) is 182 cm³/mol. The van der Waals surface area contributed by atoms with E-state index in [0.717, 1.165) is 53.5 Å². The van der Waals surface area contributed by atoms with Gasteiger partial charge in [0.15, 0.2) is 0 Å². The van der Waals surface area contributed by atoms with E-state index in [4.69, 9.17) is 16.3 Å². The molecule has 2 atom stereocenters. The van der Waals surface area contributed by atoms with Crippen LogP contribution in [0.5, 0.6) is 5.75 Å². The van der Waals surface area contributed by atoms with Gasteiger partial charge in [-0.25, -0.2) is 9.18 Å². The molecule has 48 heavy (non-hydrogen) atoms. The minimum Gasteiger partial charge on any atom is -0.489 e. The van der Waals surface area contributed by atoms with Gasteiger partial charge in [-0.05, 0) is 70.8 Å². The van der Waals surface area contributed by atoms with Gasteiger partial charge in [0.05, 0.1) is 5.02 Å². The molecular formula is C39H38ClFN2O5. The Labute approximate surface area is 284 Å². The van der Waals surface area contributed by atoms with Gasteiger partial charge in [-0.15, -0.1) is 0 Å². The summed E-state index contributed by atoms with van der Waals surface area (Å²) in [4.78, 5) is 41.5. The summed E-state index contributed by atoms with van der Waals surface area (Å²) in [7, 11) is 0. The van der Waals surface area contributed by atoms with Gasteiger partial charge in [0.1, 0.15) is 30.3 Å². The summed E-state index contributed by atoms with van der Waals surface area (Å²) in [5.41, 5.74) is 4.78. The van der Waals surface area contributed by atoms with Crippen LogP contribution in [0.15, 0.2) is 91.0 Å². The number of hydrogen-bond acceptors (Lipinski definition) is 4. The van der Waals surface area contributed by atoms with Crippen LogP contribution in [0.4, 0.5) is 4.39 Å². The second-order valence-corrected chi connectivity index (χ2v) is 13.1. The maximum atomic E-state index is 14.3. The third-order valence-electron chi connectivity index (χ3n) is 9.43. The summed E-state index contributed by atoms with van der Waals surface area (Å²) < 4.78 is 20.2. The van der Waals surface area contributed by atoms with Gasteiger partial charge in [-0.3, -0.25) is 9.59 Å². The Morgan fingerprint density at radius 3 is 2.35 bits per heavy atom. The minimum atomic E-state index is -1.17. The van der Waals surface area contributed by atoms with Gasteiger partial charge in [0, 0.05) is 31.4 Å². The van der Waals surface area contributed by atoms with Crippen molar-refractivity contribution in [2.24, 2.45) is 5.92 Å². The normalized spacial score (nSPS) is 16.6. The monoisotopic (exact) mass is 668 g/mol. The molecule has 2 amide bonds. The topological polar surface area (TPSA) is 95.9 Å². The molecule has 4 aromatic carbocycles. The lowest BCUT2D eigenvalue weighted by molar-refractivity contribution is -0.145. The number of hydrogen-bond donors (Lipinski definition) is 2. The lowest BCUT2D eigenvalue weighted by atomic mass is 9.91. The van der Waals surface area contributed by atoms with Crippen LogP contribution in [0.1, 0.15) is 54.4 Å². The van der Waals surface area contributed by atoms with Gasteiger partial charge in [-0.2, -0.15) is 0 Å². The highest BCUT2D eigenvalue weighted by molar-refractivity contribution is 6.31. The number of rotatable bonds is 11. The molecule has 1 fully saturated rings. The first-order valence-electron chi connectivity index (χ1n) is 16.4. The largest absolute Gasteiger partial charge is 0.489 e. The number of fused-ring (bicyclic) bond motifs is 1. The van der Waals surface area contributed by atoms with Gasteiger partial charge >= 0.3 is 5.97 Å². The Hall–Kier alpha value is -4.69. The molecule has 1 unspecified atom stereocenters. The van der Waals surface area contributed by atoms with Crippen LogP contribution in [0.2, 0.25) is 5.02 Å². The molecule has 0 bridgehead atoms. The lowest BCUT2D eigenvalue weighted by Gasteiger charge is -2.37. The molecule has 0 saturated heterocycles. The highest BCUT2D eigenvalue weighted by Crippen LogP contribution is 2.32. The van der Waals surface area contributed by atoms with Crippen molar-refractivity contribution in [2.45, 2.75) is 70.2 Å². The van der Waals surface area contributed by atoms with E-state index < -0.39 is 29.8 Å². The van der Waals surface area contributed by atoms with Crippen LogP contribution in [-0.2, 0) is 40.4 Å². The van der Waals surface area contributed by atoms with Crippen molar-refractivity contribution in [1.82, 2.24) is 10.2 Å². The van der Waals surface area contributed by atoms with Crippen molar-refractivity contribution in [3.63, 3.8) is 0 Å². The van der Waals surface area contributed by atoms with E-state index in [1.165, 1.54) is 12.1 Å². The van der Waals surface area contributed by atoms with Gasteiger partial charge in [0.2, 0.25) is 11.8 Å². The number of nitrogens with zero attached hydrogens (tertiary/aromatic N) is 1. The van der Waals surface area contributed by atoms with E-state index in [9.17, 15) is 23.9 Å². The third kappa shape index (κ3) is 7.88. The fraction of sp³-hybridized carbons (Fsp3) is 0.308. The van der Waals surface area contributed by atoms with Crippen LogP contribution in [0.3, 0.4) is 0 Å². The summed E-state index contributed by atoms with van der Waals surface area (Å²) in [6, 6.07) is 25.3. The van der Waals surface area contributed by atoms with Crippen molar-refractivity contribution in [2.75, 3.05) is 0 Å². The van der Waals surface area contributed by atoms with E-state index in [0.29, 0.717) is 12.2 Å². The van der Waals surface area contributed by atoms with Crippen molar-refractivity contribution < 1.29 is 28.6 Å². The predicted octanol–water partition coefficient (Wildman–Crippen LogP) is 7.37. The zero-order chi connectivity index (χ0) is 33.6. The first-order valence-corrected chi connectivity index (χ1v) is 16.8. The van der Waals surface area contributed by atoms with Gasteiger partial charge in [0.25, 0.3) is 0 Å². The maximum Gasteiger partial charge on any atom is 0.326 e. The number of ether oxygens (including phenoxy) is 1. The van der Waals surface area contributed by atoms with E-state index in [2.05, 4.69) is 5.32 Å². The molecule has 1 aliphatic heterocycles. The Kier molecular flexibility index (Phi) is 10.4. The van der Waals surface area contributed by atoms with Crippen LogP contribution in [0.25, 0.3) is 11.1 Å². The number of amides is 2. The number of carbonyl (C=O) groups excluding carboxylic acids is 2. The molecular weight excluding hydrogens is 631 g/mol. The van der Waals surface area contributed by atoms with Crippen molar-refractivity contribution in [3.8, 4) is 16.9 Å². The van der Waals surface area contributed by atoms with Crippen molar-refractivity contribution >= 4 is 29.4 Å². The third-order valence-corrected chi connectivity index (χ3v) is 9.78. The highest BCUT2D eigenvalue weighted by atomic mass is 35.5. The number of nitrogens with one attached hydrogen (secondary N) is 1. The van der Waals surface area contributed by atoms with Crippen LogP contribution >= 0.6 is 11.6 Å². The first kappa shape index (κ1) is 33.2. The van der Waals surface area contributed by atoms with E-state index >= 15 is 0 Å². The molecule has 7 nitrogen and oxygen atoms in total. The van der Waals surface area contributed by atoms with E-state index in [-0.39, 0.29) is 48.4 Å². The number of aliphatic carboxylic acids is 1. The number of carbonyl (C=O) groups is 3. The summed E-state index contributed by atoms with van der Waals surface area (Å²) in [6.45, 7) is 0.112. The Morgan fingerprint density at radius 2 is 1.65 bits per heavy atom. The second kappa shape index (κ2) is 15.0. The number of benzene rings is 4. The summed E-state index contributed by atoms with van der Waals surface area (Å²) in [6.07, 6.45) is 4.81. The first-order chi connectivity index (χ1) is 23.2. The second-order valence-electron chi connectivity index (χ2n) is 12.7. The number of carboxylic acid groups (broad SMARTS) is 1. The molecule has 248 valence electrons. The van der Waals surface area contributed by atoms with Gasteiger partial charge < -0.3 is 20.1 Å². The average Bonchev–Trinajstić information content (AvgIpc) is 3.61. The van der Waals surface area contributed by atoms with Crippen LogP contribution in [0, 0.1) is 11.7 Å². The standard InChI is InChI=1S/C39H38ClFN2O5/c40-33-11-6-12-34(41)32(33)24-48-31-18-17-29-22-36(43(23-30(29)21-31)37(44)20-25-7-4-5-8-25)38(45)42-35(39(46)47)19-26-13-15-28(16-14-26)27-9-2-1-3-10-27/h1-3,6,9-18,21,25,35-36H,4-5,7-8,19-20,22-24H2,(H,42,45)(H,46,47)/t35-,36?/m0/s1. The summed E-state index contributed by atoms with van der Waals surface area (Å²) in [5, 5.41) is 13.1. The molecule has 2 N–H and O–H groups in total. The number of carboxylic acids is 1. The lowest BCUT2D eigenvalue weighted by Crippen LogP contribution is -2.56. The molecule has 2 aliphatic rings. The zero-order valence-corrected chi connectivity index (χ0v) is 27.3. The van der Waals surface area contributed by atoms with Crippen molar-refractivity contribution in [1.29, 1.82) is 0 Å². The Bertz CT molecular complexity index is 1760. The molecule has 1 heterocycles. The number of halogens is 2. The highest BCUT2D eigenvalue weighted by Gasteiger charge is 2.37. The van der Waals surface area contributed by atoms with Crippen LogP contribution in [-0.4, -0.2) is 39.9 Å². The summed E-state index contributed by atoms with van der Waals surface area (Å²) >= 11 is 6.17. The fourth-order valence-electron chi connectivity index (χ4n) is 6.72. The summed E-state index contributed by atoms with van der Waals surface area (Å²) in [5.74, 6) is -1.46. The van der Waals surface area contributed by atoms with Crippen LogP contribution < -0.4 is 10.1 Å². The van der Waals surface area contributed by atoms with E-state index in [1.807, 2.05) is 66.7 Å². The molecule has 6 rings (SSSR count). The molecule has 0 aromatic heterocycles. The minimum absolute atomic E-state index is 0.0643. The molecule has 4 aromatic rings. The smallest absolute Gasteiger partial charge is 0.326 e. The SMILES string of the molecule is O=C(N[C@@H](Cc1ccc(-c2ccccc2)cc1)C(=O)O)C1Cc2ccc(OCc3c(F)cccc3Cl)cc2CN1C(=O)CC1CCCC1.